The van der Waals surface area contributed by atoms with E-state index in [4.69, 9.17) is 32.2 Å². The van der Waals surface area contributed by atoms with Gasteiger partial charge in [-0.2, -0.15) is 0 Å². The van der Waals surface area contributed by atoms with Crippen LogP contribution in [0, 0.1) is 11.2 Å². The molecule has 9 nitrogen and oxygen atoms in total. The van der Waals surface area contributed by atoms with E-state index < -0.39 is 23.7 Å². The van der Waals surface area contributed by atoms with E-state index in [1.807, 2.05) is 0 Å². The summed E-state index contributed by atoms with van der Waals surface area (Å²) in [4.78, 5) is 25.9. The average Bonchev–Trinajstić information content (AvgIpc) is 2.87. The molecule has 0 aliphatic heterocycles. The first-order valence-electron chi connectivity index (χ1n) is 11.8. The van der Waals surface area contributed by atoms with Crippen LogP contribution in [0.2, 0.25) is 5.02 Å². The SMILES string of the molecule is CCOc1cc(C(Nc2ccc(C(=N)N)cc2)C(=O)NNC(=O)c2ccccc2Cl)c(F)cc1OC(C)C. The number of hydrogen-bond donors (Lipinski definition) is 5. The maximum atomic E-state index is 15.4. The third kappa shape index (κ3) is 7.13. The summed E-state index contributed by atoms with van der Waals surface area (Å²) in [6.07, 6.45) is -0.239. The standard InChI is InChI=1S/C27H29ClFN5O4/c1-4-37-22-13-19(21(29)14-23(22)38-15(2)3)24(32-17-11-9-16(10-12-17)25(30)31)27(36)34-33-26(35)18-7-5-6-8-20(18)28/h5-15,24,32H,4H2,1-3H3,(H3,30,31)(H,33,35)(H,34,36). The van der Waals surface area contributed by atoms with E-state index in [-0.39, 0.29) is 46.2 Å². The molecule has 0 bridgehead atoms. The first-order chi connectivity index (χ1) is 18.1. The molecule has 11 heteroatoms. The Balaban J connectivity index is 1.95. The topological polar surface area (TPSA) is 139 Å². The van der Waals surface area contributed by atoms with Crippen molar-refractivity contribution in [2.45, 2.75) is 32.9 Å². The van der Waals surface area contributed by atoms with Gasteiger partial charge >= 0.3 is 0 Å². The van der Waals surface area contributed by atoms with Gasteiger partial charge in [0.25, 0.3) is 11.8 Å². The van der Waals surface area contributed by atoms with Crippen LogP contribution in [-0.4, -0.2) is 30.4 Å². The zero-order chi connectivity index (χ0) is 27.8. The summed E-state index contributed by atoms with van der Waals surface area (Å²) in [5.41, 5.74) is 11.2. The number of rotatable bonds is 10. The van der Waals surface area contributed by atoms with E-state index in [2.05, 4.69) is 16.2 Å². The number of carbonyl (C=O) groups excluding carboxylic acids is 2. The zero-order valence-electron chi connectivity index (χ0n) is 21.1. The largest absolute Gasteiger partial charge is 0.490 e. The van der Waals surface area contributed by atoms with Crippen LogP contribution in [0.15, 0.2) is 60.7 Å². The van der Waals surface area contributed by atoms with Crippen molar-refractivity contribution in [1.29, 1.82) is 5.41 Å². The maximum Gasteiger partial charge on any atom is 0.271 e. The average molecular weight is 542 g/mol. The molecule has 3 aromatic rings. The lowest BCUT2D eigenvalue weighted by molar-refractivity contribution is -0.122. The van der Waals surface area contributed by atoms with Crippen molar-refractivity contribution in [2.75, 3.05) is 11.9 Å². The number of ether oxygens (including phenoxy) is 2. The molecule has 0 radical (unpaired) electrons. The van der Waals surface area contributed by atoms with Crippen LogP contribution in [-0.2, 0) is 4.79 Å². The molecular weight excluding hydrogens is 513 g/mol. The van der Waals surface area contributed by atoms with Gasteiger partial charge in [0.15, 0.2) is 11.5 Å². The van der Waals surface area contributed by atoms with E-state index in [1.54, 1.807) is 63.2 Å². The molecule has 0 aliphatic rings. The van der Waals surface area contributed by atoms with Crippen LogP contribution in [0.25, 0.3) is 0 Å². The Morgan fingerprint density at radius 1 is 1.05 bits per heavy atom. The van der Waals surface area contributed by atoms with Gasteiger partial charge < -0.3 is 20.5 Å². The molecule has 0 heterocycles. The molecule has 0 spiro atoms. The highest BCUT2D eigenvalue weighted by atomic mass is 35.5. The summed E-state index contributed by atoms with van der Waals surface area (Å²) < 4.78 is 26.7. The van der Waals surface area contributed by atoms with Crippen LogP contribution in [0.3, 0.4) is 0 Å². The van der Waals surface area contributed by atoms with Crippen LogP contribution in [0.5, 0.6) is 11.5 Å². The van der Waals surface area contributed by atoms with Crippen LogP contribution < -0.4 is 31.4 Å². The van der Waals surface area contributed by atoms with Crippen molar-refractivity contribution in [3.8, 4) is 11.5 Å². The van der Waals surface area contributed by atoms with Crippen molar-refractivity contribution in [3.05, 3.63) is 88.2 Å². The van der Waals surface area contributed by atoms with Crippen molar-refractivity contribution < 1.29 is 23.5 Å². The summed E-state index contributed by atoms with van der Waals surface area (Å²) in [5.74, 6) is -1.82. The Kier molecular flexibility index (Phi) is 9.50. The summed E-state index contributed by atoms with van der Waals surface area (Å²) in [7, 11) is 0. The fourth-order valence-corrected chi connectivity index (χ4v) is 3.71. The molecular formula is C27H29ClFN5O4. The van der Waals surface area contributed by atoms with E-state index in [9.17, 15) is 9.59 Å². The number of hydrogen-bond acceptors (Lipinski definition) is 6. The highest BCUT2D eigenvalue weighted by Gasteiger charge is 2.27. The first-order valence-corrected chi connectivity index (χ1v) is 12.2. The quantitative estimate of drug-likeness (QED) is 0.145. The van der Waals surface area contributed by atoms with Gasteiger partial charge in [0.05, 0.1) is 23.3 Å². The van der Waals surface area contributed by atoms with Crippen molar-refractivity contribution >= 4 is 34.9 Å². The fourth-order valence-electron chi connectivity index (χ4n) is 3.49. The zero-order valence-corrected chi connectivity index (χ0v) is 21.9. The predicted octanol–water partition coefficient (Wildman–Crippen LogP) is 4.56. The molecule has 38 heavy (non-hydrogen) atoms. The highest BCUT2D eigenvalue weighted by molar-refractivity contribution is 6.33. The molecule has 3 aromatic carbocycles. The molecule has 3 rings (SSSR count). The minimum absolute atomic E-state index is 0.0512. The number of nitrogen functional groups attached to an aromatic ring is 1. The molecule has 6 N–H and O–H groups in total. The molecule has 0 aromatic heterocycles. The Labute approximate surface area is 224 Å². The van der Waals surface area contributed by atoms with E-state index in [0.29, 0.717) is 11.3 Å². The summed E-state index contributed by atoms with van der Waals surface area (Å²) in [5, 5.41) is 10.7. The van der Waals surface area contributed by atoms with Gasteiger partial charge in [-0.15, -0.1) is 0 Å². The van der Waals surface area contributed by atoms with E-state index in [1.165, 1.54) is 12.1 Å². The van der Waals surface area contributed by atoms with E-state index in [0.717, 1.165) is 6.07 Å². The smallest absolute Gasteiger partial charge is 0.271 e. The molecule has 0 saturated carbocycles. The normalized spacial score (nSPS) is 11.4. The minimum atomic E-state index is -1.31. The van der Waals surface area contributed by atoms with Crippen LogP contribution in [0.1, 0.15) is 48.3 Å². The Hall–Kier alpha value is -4.31. The van der Waals surface area contributed by atoms with Gasteiger partial charge in [-0.1, -0.05) is 23.7 Å². The number of benzene rings is 3. The number of amidine groups is 1. The second kappa shape index (κ2) is 12.8. The van der Waals surface area contributed by atoms with Gasteiger partial charge in [0.2, 0.25) is 0 Å². The number of hydrazine groups is 1. The summed E-state index contributed by atoms with van der Waals surface area (Å²) in [6.45, 7) is 5.65. The highest BCUT2D eigenvalue weighted by Crippen LogP contribution is 2.35. The third-order valence-electron chi connectivity index (χ3n) is 5.22. The van der Waals surface area contributed by atoms with E-state index >= 15 is 4.39 Å². The Bertz CT molecular complexity index is 1320. The van der Waals surface area contributed by atoms with Crippen LogP contribution in [0.4, 0.5) is 10.1 Å². The van der Waals surface area contributed by atoms with Crippen molar-refractivity contribution in [2.24, 2.45) is 5.73 Å². The second-order valence-corrected chi connectivity index (χ2v) is 8.82. The molecule has 200 valence electrons. The van der Waals surface area contributed by atoms with Gasteiger partial charge in [-0.05, 0) is 63.2 Å². The number of carbonyl (C=O) groups is 2. The lowest BCUT2D eigenvalue weighted by atomic mass is 10.0. The number of anilines is 1. The Morgan fingerprint density at radius 2 is 1.74 bits per heavy atom. The van der Waals surface area contributed by atoms with Crippen molar-refractivity contribution in [3.63, 3.8) is 0 Å². The number of nitrogens with one attached hydrogen (secondary N) is 4. The van der Waals surface area contributed by atoms with Gasteiger partial charge in [-0.3, -0.25) is 25.8 Å². The molecule has 1 unspecified atom stereocenters. The molecule has 0 aliphatic carbocycles. The molecule has 0 saturated heterocycles. The van der Waals surface area contributed by atoms with Gasteiger partial charge in [0.1, 0.15) is 17.7 Å². The number of halogens is 2. The predicted molar refractivity (Wildman–Crippen MR) is 144 cm³/mol. The first kappa shape index (κ1) is 28.3. The fraction of sp³-hybridized carbons (Fsp3) is 0.222. The lowest BCUT2D eigenvalue weighted by Crippen LogP contribution is -2.45. The molecule has 1 atom stereocenters. The minimum Gasteiger partial charge on any atom is -0.490 e. The Morgan fingerprint density at radius 3 is 2.34 bits per heavy atom. The number of amides is 2. The lowest BCUT2D eigenvalue weighted by Gasteiger charge is -2.23. The van der Waals surface area contributed by atoms with Crippen LogP contribution >= 0.6 is 11.6 Å². The summed E-state index contributed by atoms with van der Waals surface area (Å²) >= 11 is 6.07. The monoisotopic (exact) mass is 541 g/mol. The maximum absolute atomic E-state index is 15.4. The number of nitrogens with two attached hydrogens (primary N) is 1. The summed E-state index contributed by atoms with van der Waals surface area (Å²) in [6, 6.07) is 13.9. The van der Waals surface area contributed by atoms with Crippen molar-refractivity contribution in [1.82, 2.24) is 10.9 Å². The third-order valence-corrected chi connectivity index (χ3v) is 5.55. The van der Waals surface area contributed by atoms with Gasteiger partial charge in [0, 0.05) is 22.9 Å². The molecule has 0 fully saturated rings. The molecule has 2 amide bonds. The van der Waals surface area contributed by atoms with Gasteiger partial charge in [-0.25, -0.2) is 4.39 Å². The second-order valence-electron chi connectivity index (χ2n) is 8.41.